The number of pyridine rings is 1. The molecule has 4 heterocycles. The molecule has 3 atom stereocenters. The van der Waals surface area contributed by atoms with Gasteiger partial charge in [-0.3, -0.25) is 9.69 Å². The average molecular weight is 542 g/mol. The molecule has 2 saturated heterocycles. The van der Waals surface area contributed by atoms with E-state index in [1.54, 1.807) is 6.07 Å². The van der Waals surface area contributed by atoms with Crippen LogP contribution in [0.2, 0.25) is 0 Å². The van der Waals surface area contributed by atoms with Gasteiger partial charge in [0.25, 0.3) is 0 Å². The minimum Gasteiger partial charge on any atom is -0.480 e. The summed E-state index contributed by atoms with van der Waals surface area (Å²) >= 11 is 0. The molecule has 0 aliphatic carbocycles. The van der Waals surface area contributed by atoms with Gasteiger partial charge in [0.1, 0.15) is 23.8 Å². The van der Waals surface area contributed by atoms with Gasteiger partial charge in [-0.2, -0.15) is 0 Å². The molecule has 212 valence electrons. The first-order valence-corrected chi connectivity index (χ1v) is 14.1. The standard InChI is InChI=1S/C30H40FN3O5/c1-30(2)19-38-26(18-39-30)24-11-9-21(31)16-25(24)27(29(35)36)34-14-12-23(17-34)37-15-4-3-7-22-10-8-20-6-5-13-32-28(20)33-22/h8-11,16,23,26-27H,3-7,12-15,17-19H2,1-2H3,(H,32,33)(H,35,36)/t23-,26?,27?/m1/s1. The van der Waals surface area contributed by atoms with Crippen molar-refractivity contribution in [2.75, 3.05) is 44.8 Å². The quantitative estimate of drug-likeness (QED) is 0.419. The Hall–Kier alpha value is -2.59. The van der Waals surface area contributed by atoms with Gasteiger partial charge in [0.05, 0.1) is 24.9 Å². The number of benzene rings is 1. The van der Waals surface area contributed by atoms with Gasteiger partial charge >= 0.3 is 5.97 Å². The second-order valence-corrected chi connectivity index (χ2v) is 11.5. The maximum Gasteiger partial charge on any atom is 0.325 e. The van der Waals surface area contributed by atoms with E-state index in [4.69, 9.17) is 19.2 Å². The summed E-state index contributed by atoms with van der Waals surface area (Å²) in [7, 11) is 0. The smallest absolute Gasteiger partial charge is 0.325 e. The summed E-state index contributed by atoms with van der Waals surface area (Å²) in [5.41, 5.74) is 3.07. The van der Waals surface area contributed by atoms with E-state index >= 15 is 0 Å². The van der Waals surface area contributed by atoms with Crippen LogP contribution in [0.4, 0.5) is 10.2 Å². The lowest BCUT2D eigenvalue weighted by Crippen LogP contribution is -2.40. The Morgan fingerprint density at radius 2 is 2.18 bits per heavy atom. The molecule has 8 nitrogen and oxygen atoms in total. The number of carboxylic acids is 1. The van der Waals surface area contributed by atoms with Crippen LogP contribution in [0.15, 0.2) is 30.3 Å². The average Bonchev–Trinajstić information content (AvgIpc) is 3.37. The Labute approximate surface area is 229 Å². The van der Waals surface area contributed by atoms with E-state index in [1.807, 2.05) is 18.7 Å². The van der Waals surface area contributed by atoms with Gasteiger partial charge in [0, 0.05) is 31.9 Å². The molecular formula is C30H40FN3O5. The third-order valence-electron chi connectivity index (χ3n) is 7.86. The van der Waals surface area contributed by atoms with Crippen LogP contribution < -0.4 is 5.32 Å². The maximum absolute atomic E-state index is 14.4. The lowest BCUT2D eigenvalue weighted by molar-refractivity contribution is -0.177. The Kier molecular flexibility index (Phi) is 8.81. The number of halogens is 1. The highest BCUT2D eigenvalue weighted by molar-refractivity contribution is 5.76. The molecule has 0 radical (unpaired) electrons. The summed E-state index contributed by atoms with van der Waals surface area (Å²) in [6, 6.07) is 7.64. The van der Waals surface area contributed by atoms with Crippen molar-refractivity contribution >= 4 is 11.8 Å². The fourth-order valence-corrected chi connectivity index (χ4v) is 5.72. The van der Waals surface area contributed by atoms with Crippen LogP contribution in [0, 0.1) is 5.82 Å². The molecule has 39 heavy (non-hydrogen) atoms. The number of likely N-dealkylation sites (tertiary alicyclic amines) is 1. The highest BCUT2D eigenvalue weighted by Crippen LogP contribution is 2.36. The molecule has 0 saturated carbocycles. The molecule has 2 fully saturated rings. The first-order chi connectivity index (χ1) is 18.8. The van der Waals surface area contributed by atoms with Crippen LogP contribution in [0.5, 0.6) is 0 Å². The van der Waals surface area contributed by atoms with E-state index in [0.717, 1.165) is 56.6 Å². The molecule has 2 aromatic rings. The van der Waals surface area contributed by atoms with Crippen molar-refractivity contribution in [3.05, 3.63) is 58.5 Å². The lowest BCUT2D eigenvalue weighted by Gasteiger charge is -2.36. The SMILES string of the molecule is CC1(C)COC(c2ccc(F)cc2C(C(=O)O)N2CC[C@@H](OCCCCc3ccc4c(n3)NCCC4)C2)CO1. The Morgan fingerprint density at radius 1 is 1.31 bits per heavy atom. The number of ether oxygens (including phenoxy) is 3. The number of aromatic nitrogens is 1. The van der Waals surface area contributed by atoms with Crippen LogP contribution >= 0.6 is 0 Å². The Balaban J connectivity index is 1.14. The molecule has 5 rings (SSSR count). The molecule has 2 unspecified atom stereocenters. The number of fused-ring (bicyclic) bond motifs is 1. The number of nitrogens with one attached hydrogen (secondary N) is 1. The third-order valence-corrected chi connectivity index (χ3v) is 7.86. The van der Waals surface area contributed by atoms with Crippen LogP contribution in [0.3, 0.4) is 0 Å². The summed E-state index contributed by atoms with van der Waals surface area (Å²) in [6.07, 6.45) is 5.29. The van der Waals surface area contributed by atoms with E-state index in [-0.39, 0.29) is 6.10 Å². The van der Waals surface area contributed by atoms with Crippen molar-refractivity contribution in [2.24, 2.45) is 0 Å². The molecule has 0 bridgehead atoms. The van der Waals surface area contributed by atoms with Crippen molar-refractivity contribution < 1.29 is 28.5 Å². The summed E-state index contributed by atoms with van der Waals surface area (Å²) in [4.78, 5) is 19.1. The number of unbranched alkanes of at least 4 members (excludes halogenated alkanes) is 1. The predicted molar refractivity (Wildman–Crippen MR) is 145 cm³/mol. The van der Waals surface area contributed by atoms with Crippen LogP contribution in [0.25, 0.3) is 0 Å². The van der Waals surface area contributed by atoms with Gasteiger partial charge in [-0.25, -0.2) is 9.37 Å². The fraction of sp³-hybridized carbons (Fsp3) is 0.600. The molecule has 3 aliphatic rings. The number of aryl methyl sites for hydroxylation is 2. The third kappa shape index (κ3) is 6.95. The van der Waals surface area contributed by atoms with E-state index in [2.05, 4.69) is 17.4 Å². The van der Waals surface area contributed by atoms with Gasteiger partial charge in [-0.1, -0.05) is 12.1 Å². The van der Waals surface area contributed by atoms with Crippen LogP contribution in [0.1, 0.15) is 74.1 Å². The minimum absolute atomic E-state index is 0.0509. The van der Waals surface area contributed by atoms with Gasteiger partial charge in [0.2, 0.25) is 0 Å². The van der Waals surface area contributed by atoms with E-state index in [1.165, 1.54) is 17.7 Å². The van der Waals surface area contributed by atoms with E-state index in [0.29, 0.717) is 44.0 Å². The number of carboxylic acid groups (broad SMARTS) is 1. The number of rotatable bonds is 10. The van der Waals surface area contributed by atoms with Crippen molar-refractivity contribution in [3.63, 3.8) is 0 Å². The predicted octanol–water partition coefficient (Wildman–Crippen LogP) is 4.68. The first-order valence-electron chi connectivity index (χ1n) is 14.1. The second kappa shape index (κ2) is 12.3. The van der Waals surface area contributed by atoms with E-state index in [9.17, 15) is 14.3 Å². The zero-order chi connectivity index (χ0) is 27.4. The zero-order valence-electron chi connectivity index (χ0n) is 23.0. The monoisotopic (exact) mass is 541 g/mol. The molecule has 1 aromatic heterocycles. The van der Waals surface area contributed by atoms with E-state index < -0.39 is 29.5 Å². The van der Waals surface area contributed by atoms with Crippen LogP contribution in [-0.2, 0) is 31.8 Å². The zero-order valence-corrected chi connectivity index (χ0v) is 23.0. The lowest BCUT2D eigenvalue weighted by atomic mass is 9.94. The number of aliphatic carboxylic acids is 1. The maximum atomic E-state index is 14.4. The highest BCUT2D eigenvalue weighted by atomic mass is 19.1. The molecular weight excluding hydrogens is 501 g/mol. The number of carbonyl (C=O) groups is 1. The molecule has 3 aliphatic heterocycles. The first kappa shape index (κ1) is 28.0. The molecule has 9 heteroatoms. The summed E-state index contributed by atoms with van der Waals surface area (Å²) < 4.78 is 32.4. The second-order valence-electron chi connectivity index (χ2n) is 11.5. The fourth-order valence-electron chi connectivity index (χ4n) is 5.72. The van der Waals surface area contributed by atoms with Gasteiger partial charge in [-0.15, -0.1) is 0 Å². The van der Waals surface area contributed by atoms with Gasteiger partial charge < -0.3 is 24.6 Å². The normalized spacial score (nSPS) is 23.7. The van der Waals surface area contributed by atoms with Crippen molar-refractivity contribution in [1.82, 2.24) is 9.88 Å². The highest BCUT2D eigenvalue weighted by Gasteiger charge is 2.38. The largest absolute Gasteiger partial charge is 0.480 e. The number of hydrogen-bond donors (Lipinski definition) is 2. The molecule has 0 spiro atoms. The number of nitrogens with zero attached hydrogens (tertiary/aromatic N) is 2. The van der Waals surface area contributed by atoms with Gasteiger partial charge in [0.15, 0.2) is 0 Å². The van der Waals surface area contributed by atoms with Crippen molar-refractivity contribution in [1.29, 1.82) is 0 Å². The molecule has 2 N–H and O–H groups in total. The van der Waals surface area contributed by atoms with Gasteiger partial charge in [-0.05, 0) is 87.3 Å². The van der Waals surface area contributed by atoms with Crippen molar-refractivity contribution in [3.8, 4) is 0 Å². The summed E-state index contributed by atoms with van der Waals surface area (Å²) in [5.74, 6) is -0.443. The summed E-state index contributed by atoms with van der Waals surface area (Å²) in [5, 5.41) is 13.6. The molecule has 1 aromatic carbocycles. The van der Waals surface area contributed by atoms with Crippen molar-refractivity contribution in [2.45, 2.75) is 76.2 Å². The topological polar surface area (TPSA) is 93.2 Å². The Morgan fingerprint density at radius 3 is 2.97 bits per heavy atom. The summed E-state index contributed by atoms with van der Waals surface area (Å²) in [6.45, 7) is 7.22. The Bertz CT molecular complexity index is 1150. The minimum atomic E-state index is -1.01. The van der Waals surface area contributed by atoms with Crippen LogP contribution in [-0.4, -0.2) is 72.1 Å². The number of hydrogen-bond acceptors (Lipinski definition) is 7. The number of anilines is 1. The molecule has 0 amide bonds.